The summed E-state index contributed by atoms with van der Waals surface area (Å²) in [5.41, 5.74) is 3.24. The summed E-state index contributed by atoms with van der Waals surface area (Å²) in [7, 11) is -1.07. The molecule has 0 heterocycles. The van der Waals surface area contributed by atoms with Crippen LogP contribution in [0.2, 0.25) is 25.2 Å². The van der Waals surface area contributed by atoms with E-state index in [1.807, 2.05) is 0 Å². The van der Waals surface area contributed by atoms with E-state index in [0.717, 1.165) is 18.5 Å². The standard InChI is InChI=1S/C21H29NSi/c1-19(23(2,3)4)13-11-12-18-22(20-14-7-5-8-15-20)21-16-9-6-10-17-21/h5-11,13-17,19H,12,18H2,1-4H3. The Hall–Kier alpha value is -1.80. The lowest BCUT2D eigenvalue weighted by atomic mass is 10.2. The van der Waals surface area contributed by atoms with Gasteiger partial charge in [-0.1, -0.05) is 75.1 Å². The highest BCUT2D eigenvalue weighted by molar-refractivity contribution is 6.77. The van der Waals surface area contributed by atoms with Gasteiger partial charge >= 0.3 is 0 Å². The van der Waals surface area contributed by atoms with E-state index in [9.17, 15) is 0 Å². The van der Waals surface area contributed by atoms with Gasteiger partial charge in [-0.25, -0.2) is 0 Å². The van der Waals surface area contributed by atoms with E-state index in [4.69, 9.17) is 0 Å². The number of hydrogen-bond donors (Lipinski definition) is 0. The maximum absolute atomic E-state index is 2.43. The summed E-state index contributed by atoms with van der Waals surface area (Å²) in [4.78, 5) is 2.39. The molecule has 0 saturated heterocycles. The Morgan fingerprint density at radius 3 is 1.78 bits per heavy atom. The van der Waals surface area contributed by atoms with Crippen molar-refractivity contribution in [1.82, 2.24) is 0 Å². The molecule has 0 aliphatic carbocycles. The summed E-state index contributed by atoms with van der Waals surface area (Å²) in [6, 6.07) is 21.3. The smallest absolute Gasteiger partial charge is 0.0510 e. The van der Waals surface area contributed by atoms with Gasteiger partial charge in [-0.15, -0.1) is 0 Å². The first-order chi connectivity index (χ1) is 11.0. The molecule has 0 amide bonds. The number of para-hydroxylation sites is 2. The van der Waals surface area contributed by atoms with Gasteiger partial charge in [0.2, 0.25) is 0 Å². The van der Waals surface area contributed by atoms with E-state index in [2.05, 4.69) is 104 Å². The molecule has 0 radical (unpaired) electrons. The van der Waals surface area contributed by atoms with E-state index in [1.165, 1.54) is 11.4 Å². The zero-order valence-corrected chi connectivity index (χ0v) is 15.9. The largest absolute Gasteiger partial charge is 0.341 e. The first-order valence-corrected chi connectivity index (χ1v) is 12.1. The van der Waals surface area contributed by atoms with Crippen LogP contribution in [-0.4, -0.2) is 14.6 Å². The van der Waals surface area contributed by atoms with Gasteiger partial charge in [0.05, 0.1) is 8.07 Å². The lowest BCUT2D eigenvalue weighted by molar-refractivity contribution is 0.934. The molecule has 122 valence electrons. The van der Waals surface area contributed by atoms with E-state index in [-0.39, 0.29) is 0 Å². The highest BCUT2D eigenvalue weighted by Crippen LogP contribution is 2.26. The number of anilines is 2. The van der Waals surface area contributed by atoms with Gasteiger partial charge in [-0.05, 0) is 36.2 Å². The molecule has 0 saturated carbocycles. The molecule has 0 spiro atoms. The molecule has 1 atom stereocenters. The molecule has 0 aliphatic rings. The fourth-order valence-corrected chi connectivity index (χ4v) is 3.13. The summed E-state index contributed by atoms with van der Waals surface area (Å²) in [5.74, 6) is 0. The number of benzene rings is 2. The van der Waals surface area contributed by atoms with Crippen LogP contribution in [0.5, 0.6) is 0 Å². The van der Waals surface area contributed by atoms with Crippen molar-refractivity contribution in [2.75, 3.05) is 11.4 Å². The third-order valence-corrected chi connectivity index (χ3v) is 7.37. The van der Waals surface area contributed by atoms with Crippen LogP contribution >= 0.6 is 0 Å². The van der Waals surface area contributed by atoms with Crippen molar-refractivity contribution >= 4 is 19.4 Å². The van der Waals surface area contributed by atoms with Crippen molar-refractivity contribution in [3.05, 3.63) is 72.8 Å². The molecule has 0 aromatic heterocycles. The quantitative estimate of drug-likeness (QED) is 0.415. The Morgan fingerprint density at radius 1 is 0.870 bits per heavy atom. The molecular formula is C21H29NSi. The van der Waals surface area contributed by atoms with E-state index >= 15 is 0 Å². The van der Waals surface area contributed by atoms with Gasteiger partial charge < -0.3 is 4.90 Å². The number of nitrogens with zero attached hydrogens (tertiary/aromatic N) is 1. The minimum absolute atomic E-state index is 0.726. The van der Waals surface area contributed by atoms with Crippen LogP contribution < -0.4 is 4.90 Å². The van der Waals surface area contributed by atoms with Crippen molar-refractivity contribution in [1.29, 1.82) is 0 Å². The summed E-state index contributed by atoms with van der Waals surface area (Å²) in [6.07, 6.45) is 5.85. The Labute approximate surface area is 142 Å². The van der Waals surface area contributed by atoms with Crippen molar-refractivity contribution in [2.45, 2.75) is 38.5 Å². The average Bonchev–Trinajstić information content (AvgIpc) is 2.55. The minimum atomic E-state index is -1.07. The second-order valence-corrected chi connectivity index (χ2v) is 12.8. The van der Waals surface area contributed by atoms with E-state index < -0.39 is 8.07 Å². The molecule has 0 aliphatic heterocycles. The molecule has 23 heavy (non-hydrogen) atoms. The molecule has 0 N–H and O–H groups in total. The van der Waals surface area contributed by atoms with Crippen LogP contribution in [0.4, 0.5) is 11.4 Å². The molecule has 1 unspecified atom stereocenters. The normalized spacial score (nSPS) is 13.2. The van der Waals surface area contributed by atoms with Crippen molar-refractivity contribution < 1.29 is 0 Å². The van der Waals surface area contributed by atoms with Crippen LogP contribution in [0.3, 0.4) is 0 Å². The summed E-state index contributed by atoms with van der Waals surface area (Å²) >= 11 is 0. The average molecular weight is 324 g/mol. The maximum Gasteiger partial charge on any atom is 0.0510 e. The number of hydrogen-bond acceptors (Lipinski definition) is 1. The summed E-state index contributed by atoms with van der Waals surface area (Å²) in [5, 5.41) is 0. The molecule has 1 nitrogen and oxygen atoms in total. The SMILES string of the molecule is CC(C=CCCN(c1ccccc1)c1ccccc1)[Si](C)(C)C. The van der Waals surface area contributed by atoms with Crippen LogP contribution in [0.25, 0.3) is 0 Å². The summed E-state index contributed by atoms with van der Waals surface area (Å²) < 4.78 is 0. The molecule has 0 bridgehead atoms. The van der Waals surface area contributed by atoms with Crippen molar-refractivity contribution in [3.63, 3.8) is 0 Å². The lowest BCUT2D eigenvalue weighted by Crippen LogP contribution is -2.24. The molecular weight excluding hydrogens is 294 g/mol. The third-order valence-electron chi connectivity index (χ3n) is 4.45. The van der Waals surface area contributed by atoms with Gasteiger partial charge in [0.15, 0.2) is 0 Å². The van der Waals surface area contributed by atoms with Crippen molar-refractivity contribution in [2.24, 2.45) is 0 Å². The fraction of sp³-hybridized carbons (Fsp3) is 0.333. The van der Waals surface area contributed by atoms with Gasteiger partial charge in [-0.3, -0.25) is 0 Å². The van der Waals surface area contributed by atoms with E-state index in [1.54, 1.807) is 0 Å². The van der Waals surface area contributed by atoms with Gasteiger partial charge in [0, 0.05) is 17.9 Å². The van der Waals surface area contributed by atoms with Crippen LogP contribution in [0.15, 0.2) is 72.8 Å². The van der Waals surface area contributed by atoms with Gasteiger partial charge in [-0.2, -0.15) is 0 Å². The van der Waals surface area contributed by atoms with Crippen molar-refractivity contribution in [3.8, 4) is 0 Å². The van der Waals surface area contributed by atoms with Crippen LogP contribution in [0, 0.1) is 0 Å². The van der Waals surface area contributed by atoms with Gasteiger partial charge in [0.25, 0.3) is 0 Å². The monoisotopic (exact) mass is 323 g/mol. The number of allylic oxidation sites excluding steroid dienone is 1. The lowest BCUT2D eigenvalue weighted by Gasteiger charge is -2.25. The Kier molecular flexibility index (Phi) is 6.23. The second-order valence-electron chi connectivity index (χ2n) is 7.19. The number of rotatable bonds is 7. The Morgan fingerprint density at radius 2 is 1.35 bits per heavy atom. The summed E-state index contributed by atoms with van der Waals surface area (Å²) in [6.45, 7) is 10.7. The van der Waals surface area contributed by atoms with Gasteiger partial charge in [0.1, 0.15) is 0 Å². The second kappa shape index (κ2) is 8.16. The topological polar surface area (TPSA) is 3.24 Å². The minimum Gasteiger partial charge on any atom is -0.341 e. The van der Waals surface area contributed by atoms with Crippen LogP contribution in [0.1, 0.15) is 13.3 Å². The third kappa shape index (κ3) is 5.40. The van der Waals surface area contributed by atoms with E-state index in [0.29, 0.717) is 0 Å². The molecule has 2 aromatic rings. The molecule has 0 fully saturated rings. The molecule has 2 heteroatoms. The molecule has 2 rings (SSSR count). The fourth-order valence-electron chi connectivity index (χ4n) is 2.42. The zero-order valence-electron chi connectivity index (χ0n) is 14.9. The highest BCUT2D eigenvalue weighted by atomic mass is 28.3. The maximum atomic E-state index is 2.43. The predicted octanol–water partition coefficient (Wildman–Crippen LogP) is 6.50. The Bertz CT molecular complexity index is 559. The first kappa shape index (κ1) is 17.5. The van der Waals surface area contributed by atoms with Crippen LogP contribution in [-0.2, 0) is 0 Å². The zero-order chi connectivity index (χ0) is 16.7. The first-order valence-electron chi connectivity index (χ1n) is 8.53. The Balaban J connectivity index is 2.07. The highest BCUT2D eigenvalue weighted by Gasteiger charge is 2.19. The predicted molar refractivity (Wildman–Crippen MR) is 106 cm³/mol. The molecule has 2 aromatic carbocycles.